The van der Waals surface area contributed by atoms with E-state index in [0.29, 0.717) is 13.1 Å². The Morgan fingerprint density at radius 3 is 2.40 bits per heavy atom. The molecule has 0 radical (unpaired) electrons. The van der Waals surface area contributed by atoms with Crippen molar-refractivity contribution in [1.29, 1.82) is 0 Å². The third-order valence-corrected chi connectivity index (χ3v) is 1.63. The molecular formula is C12H18N2O. The van der Waals surface area contributed by atoms with Crippen molar-refractivity contribution >= 4 is 5.91 Å². The van der Waals surface area contributed by atoms with Gasteiger partial charge in [0, 0.05) is 20.0 Å². The molecule has 0 aliphatic rings. The topological polar surface area (TPSA) is 32.3 Å². The fraction of sp³-hybridized carbons (Fsp3) is 0.417. The van der Waals surface area contributed by atoms with Crippen molar-refractivity contribution < 1.29 is 4.79 Å². The van der Waals surface area contributed by atoms with Crippen molar-refractivity contribution in [3.8, 4) is 11.8 Å². The second-order valence-electron chi connectivity index (χ2n) is 3.03. The summed E-state index contributed by atoms with van der Waals surface area (Å²) in [5.41, 5.74) is 0. The summed E-state index contributed by atoms with van der Waals surface area (Å²) in [4.78, 5) is 12.6. The average molecular weight is 206 g/mol. The molecule has 0 saturated heterocycles. The van der Waals surface area contributed by atoms with Gasteiger partial charge in [-0.15, -0.1) is 13.2 Å². The highest BCUT2D eigenvalue weighted by Gasteiger charge is 1.95. The van der Waals surface area contributed by atoms with Crippen molar-refractivity contribution in [2.45, 2.75) is 6.92 Å². The Labute approximate surface area is 91.8 Å². The van der Waals surface area contributed by atoms with Crippen LogP contribution in [0.2, 0.25) is 0 Å². The number of carbonyl (C=O) groups is 1. The molecule has 0 aromatic carbocycles. The molecule has 1 N–H and O–H groups in total. The number of hydrogen-bond acceptors (Lipinski definition) is 2. The van der Waals surface area contributed by atoms with E-state index in [1.165, 1.54) is 6.92 Å². The van der Waals surface area contributed by atoms with E-state index < -0.39 is 0 Å². The van der Waals surface area contributed by atoms with Gasteiger partial charge in [-0.2, -0.15) is 0 Å². The molecule has 0 atom stereocenters. The lowest BCUT2D eigenvalue weighted by molar-refractivity contribution is -0.118. The van der Waals surface area contributed by atoms with Gasteiger partial charge >= 0.3 is 0 Å². The minimum absolute atomic E-state index is 0.0571. The second-order valence-corrected chi connectivity index (χ2v) is 3.03. The van der Waals surface area contributed by atoms with Gasteiger partial charge in [-0.05, 0) is 0 Å². The number of nitrogens with zero attached hydrogens (tertiary/aromatic N) is 1. The van der Waals surface area contributed by atoms with E-state index in [4.69, 9.17) is 0 Å². The summed E-state index contributed by atoms with van der Waals surface area (Å²) in [6.45, 7) is 11.5. The zero-order chi connectivity index (χ0) is 11.5. The predicted octanol–water partition coefficient (Wildman–Crippen LogP) is 0.800. The highest BCUT2D eigenvalue weighted by atomic mass is 16.1. The molecule has 0 aromatic rings. The number of rotatable bonds is 6. The number of amides is 1. The molecular weight excluding hydrogens is 188 g/mol. The average Bonchev–Trinajstić information content (AvgIpc) is 2.17. The lowest BCUT2D eigenvalue weighted by Gasteiger charge is -2.14. The first-order chi connectivity index (χ1) is 7.20. The minimum atomic E-state index is -0.0571. The molecule has 82 valence electrons. The van der Waals surface area contributed by atoms with Gasteiger partial charge in [-0.1, -0.05) is 24.0 Å². The number of carbonyl (C=O) groups excluding carboxylic acids is 1. The molecule has 1 amide bonds. The van der Waals surface area contributed by atoms with E-state index in [9.17, 15) is 4.79 Å². The first-order valence-electron chi connectivity index (χ1n) is 4.85. The Bertz CT molecular complexity index is 263. The first kappa shape index (κ1) is 13.5. The van der Waals surface area contributed by atoms with Gasteiger partial charge < -0.3 is 5.32 Å². The number of hydrogen-bond donors (Lipinski definition) is 1. The molecule has 3 heteroatoms. The van der Waals surface area contributed by atoms with Crippen LogP contribution in [0.15, 0.2) is 25.3 Å². The van der Waals surface area contributed by atoms with Crippen LogP contribution in [-0.4, -0.2) is 37.0 Å². The Kier molecular flexibility index (Phi) is 8.12. The maximum atomic E-state index is 10.5. The lowest BCUT2D eigenvalue weighted by Crippen LogP contribution is -2.24. The van der Waals surface area contributed by atoms with Crippen LogP contribution < -0.4 is 5.32 Å². The first-order valence-corrected chi connectivity index (χ1v) is 4.85. The zero-order valence-electron chi connectivity index (χ0n) is 9.25. The summed E-state index contributed by atoms with van der Waals surface area (Å²) < 4.78 is 0. The molecule has 0 saturated carbocycles. The van der Waals surface area contributed by atoms with Gasteiger partial charge in [0.15, 0.2) is 0 Å². The predicted molar refractivity (Wildman–Crippen MR) is 63.3 cm³/mol. The van der Waals surface area contributed by atoms with E-state index in [1.807, 2.05) is 12.2 Å². The fourth-order valence-electron chi connectivity index (χ4n) is 0.968. The summed E-state index contributed by atoms with van der Waals surface area (Å²) >= 11 is 0. The Balaban J connectivity index is 3.80. The van der Waals surface area contributed by atoms with Gasteiger partial charge in [-0.3, -0.25) is 9.69 Å². The summed E-state index contributed by atoms with van der Waals surface area (Å²) in [5.74, 6) is 5.79. The van der Waals surface area contributed by atoms with Crippen LogP contribution in [0.4, 0.5) is 0 Å². The minimum Gasteiger partial charge on any atom is -0.345 e. The molecule has 15 heavy (non-hydrogen) atoms. The molecule has 0 fully saturated rings. The van der Waals surface area contributed by atoms with E-state index in [-0.39, 0.29) is 5.91 Å². The SMILES string of the molecule is C=CCN(CC#CCNC(C)=O)CC=C. The third kappa shape index (κ3) is 8.79. The highest BCUT2D eigenvalue weighted by Crippen LogP contribution is 1.87. The summed E-state index contributed by atoms with van der Waals surface area (Å²) in [5, 5.41) is 2.61. The Morgan fingerprint density at radius 1 is 1.33 bits per heavy atom. The standard InChI is InChI=1S/C12H18N2O/c1-4-9-14(10-5-2)11-7-6-8-13-12(3)15/h4-5H,1-2,8-11H2,3H3,(H,13,15). The van der Waals surface area contributed by atoms with Crippen LogP contribution in [-0.2, 0) is 4.79 Å². The van der Waals surface area contributed by atoms with Gasteiger partial charge in [0.1, 0.15) is 0 Å². The summed E-state index contributed by atoms with van der Waals surface area (Å²) in [7, 11) is 0. The fourth-order valence-corrected chi connectivity index (χ4v) is 0.968. The molecule has 0 aliphatic carbocycles. The third-order valence-electron chi connectivity index (χ3n) is 1.63. The second kappa shape index (κ2) is 9.04. The normalized spacial score (nSPS) is 8.93. The van der Waals surface area contributed by atoms with Crippen LogP contribution >= 0.6 is 0 Å². The van der Waals surface area contributed by atoms with Crippen LogP contribution in [0.5, 0.6) is 0 Å². The highest BCUT2D eigenvalue weighted by molar-refractivity contribution is 5.73. The maximum Gasteiger partial charge on any atom is 0.217 e. The van der Waals surface area contributed by atoms with Crippen molar-refractivity contribution in [2.75, 3.05) is 26.2 Å². The van der Waals surface area contributed by atoms with E-state index in [0.717, 1.165) is 13.1 Å². The van der Waals surface area contributed by atoms with E-state index in [1.54, 1.807) is 0 Å². The van der Waals surface area contributed by atoms with Gasteiger partial charge in [0.25, 0.3) is 0 Å². The molecule has 0 aromatic heterocycles. The maximum absolute atomic E-state index is 10.5. The molecule has 0 rings (SSSR count). The zero-order valence-corrected chi connectivity index (χ0v) is 9.25. The Hall–Kier alpha value is -1.53. The van der Waals surface area contributed by atoms with E-state index >= 15 is 0 Å². The quantitative estimate of drug-likeness (QED) is 0.515. The monoisotopic (exact) mass is 206 g/mol. The largest absolute Gasteiger partial charge is 0.345 e. The molecule has 0 heterocycles. The summed E-state index contributed by atoms with van der Waals surface area (Å²) in [6.07, 6.45) is 3.66. The molecule has 3 nitrogen and oxygen atoms in total. The molecule has 0 bridgehead atoms. The van der Waals surface area contributed by atoms with Crippen LogP contribution in [0.25, 0.3) is 0 Å². The Morgan fingerprint density at radius 2 is 1.93 bits per heavy atom. The van der Waals surface area contributed by atoms with E-state index in [2.05, 4.69) is 35.2 Å². The van der Waals surface area contributed by atoms with Gasteiger partial charge in [0.05, 0.1) is 13.1 Å². The van der Waals surface area contributed by atoms with Crippen molar-refractivity contribution in [3.05, 3.63) is 25.3 Å². The van der Waals surface area contributed by atoms with Crippen LogP contribution in [0.3, 0.4) is 0 Å². The van der Waals surface area contributed by atoms with Crippen molar-refractivity contribution in [1.82, 2.24) is 10.2 Å². The summed E-state index contributed by atoms with van der Waals surface area (Å²) in [6, 6.07) is 0. The number of nitrogens with one attached hydrogen (secondary N) is 1. The van der Waals surface area contributed by atoms with Gasteiger partial charge in [-0.25, -0.2) is 0 Å². The van der Waals surface area contributed by atoms with Crippen LogP contribution in [0.1, 0.15) is 6.92 Å². The van der Waals surface area contributed by atoms with Gasteiger partial charge in [0.2, 0.25) is 5.91 Å². The smallest absolute Gasteiger partial charge is 0.217 e. The molecule has 0 spiro atoms. The lowest BCUT2D eigenvalue weighted by atomic mass is 10.4. The molecule has 0 aliphatic heterocycles. The van der Waals surface area contributed by atoms with Crippen LogP contribution in [0, 0.1) is 11.8 Å². The van der Waals surface area contributed by atoms with Crippen molar-refractivity contribution in [2.24, 2.45) is 0 Å². The van der Waals surface area contributed by atoms with Crippen molar-refractivity contribution in [3.63, 3.8) is 0 Å². The molecule has 0 unspecified atom stereocenters.